The zero-order valence-electron chi connectivity index (χ0n) is 12.0. The predicted octanol–water partition coefficient (Wildman–Crippen LogP) is 2.29. The van der Waals surface area contributed by atoms with Gasteiger partial charge in [-0.3, -0.25) is 4.57 Å². The van der Waals surface area contributed by atoms with Crippen LogP contribution in [0.4, 0.5) is 5.69 Å². The lowest BCUT2D eigenvalue weighted by atomic mass is 10.3. The third-order valence-corrected chi connectivity index (χ3v) is 3.13. The highest BCUT2D eigenvalue weighted by atomic mass is 15.1. The summed E-state index contributed by atoms with van der Waals surface area (Å²) >= 11 is 0. The zero-order chi connectivity index (χ0) is 14.7. The lowest BCUT2D eigenvalue weighted by molar-refractivity contribution is 0.928. The first kappa shape index (κ1) is 13.2. The van der Waals surface area contributed by atoms with Crippen molar-refractivity contribution >= 4 is 5.69 Å². The van der Waals surface area contributed by atoms with E-state index in [0.29, 0.717) is 6.54 Å². The fraction of sp³-hybridized carbons (Fsp3) is 0.200. The van der Waals surface area contributed by atoms with Crippen molar-refractivity contribution in [3.05, 3.63) is 60.3 Å². The quantitative estimate of drug-likeness (QED) is 0.794. The van der Waals surface area contributed by atoms with Crippen LogP contribution in [0.1, 0.15) is 17.3 Å². The molecule has 6 nitrogen and oxygen atoms in total. The van der Waals surface area contributed by atoms with Crippen molar-refractivity contribution in [3.63, 3.8) is 0 Å². The van der Waals surface area contributed by atoms with Gasteiger partial charge in [-0.25, -0.2) is 19.9 Å². The first-order valence-corrected chi connectivity index (χ1v) is 6.71. The second-order valence-corrected chi connectivity index (χ2v) is 4.70. The number of hydrogen-bond donors (Lipinski definition) is 1. The van der Waals surface area contributed by atoms with Gasteiger partial charge in [0.1, 0.15) is 17.5 Å². The summed E-state index contributed by atoms with van der Waals surface area (Å²) in [6, 6.07) is 5.86. The summed E-state index contributed by atoms with van der Waals surface area (Å²) in [5, 5.41) is 3.30. The molecule has 0 radical (unpaired) electrons. The van der Waals surface area contributed by atoms with Gasteiger partial charge < -0.3 is 5.32 Å². The summed E-state index contributed by atoms with van der Waals surface area (Å²) in [7, 11) is 0. The van der Waals surface area contributed by atoms with Crippen LogP contribution >= 0.6 is 0 Å². The highest BCUT2D eigenvalue weighted by Crippen LogP contribution is 2.12. The maximum Gasteiger partial charge on any atom is 0.138 e. The molecule has 0 unspecified atom stereocenters. The van der Waals surface area contributed by atoms with Crippen molar-refractivity contribution in [3.8, 4) is 5.82 Å². The molecule has 21 heavy (non-hydrogen) atoms. The SMILES string of the molecule is Cc1nccc(CNc2ccc(-n3ccnc3C)nc2)n1. The summed E-state index contributed by atoms with van der Waals surface area (Å²) in [5.74, 6) is 2.55. The van der Waals surface area contributed by atoms with Crippen LogP contribution in [0.2, 0.25) is 0 Å². The Bertz CT molecular complexity index is 732. The van der Waals surface area contributed by atoms with E-state index >= 15 is 0 Å². The van der Waals surface area contributed by atoms with Crippen molar-refractivity contribution in [2.24, 2.45) is 0 Å². The Labute approximate surface area is 122 Å². The molecule has 6 heteroatoms. The summed E-state index contributed by atoms with van der Waals surface area (Å²) in [5.41, 5.74) is 1.91. The summed E-state index contributed by atoms with van der Waals surface area (Å²) in [4.78, 5) is 17.1. The van der Waals surface area contributed by atoms with Gasteiger partial charge in [0.2, 0.25) is 0 Å². The van der Waals surface area contributed by atoms with Gasteiger partial charge in [0.15, 0.2) is 0 Å². The molecule has 0 bridgehead atoms. The number of pyridine rings is 1. The topological polar surface area (TPSA) is 68.5 Å². The highest BCUT2D eigenvalue weighted by molar-refractivity contribution is 5.44. The minimum Gasteiger partial charge on any atom is -0.378 e. The van der Waals surface area contributed by atoms with Crippen molar-refractivity contribution in [2.45, 2.75) is 20.4 Å². The molecular weight excluding hydrogens is 264 g/mol. The Kier molecular flexibility index (Phi) is 3.59. The van der Waals surface area contributed by atoms with Crippen molar-refractivity contribution in [1.82, 2.24) is 24.5 Å². The van der Waals surface area contributed by atoms with E-state index in [9.17, 15) is 0 Å². The van der Waals surface area contributed by atoms with Crippen LogP contribution in [0.15, 0.2) is 43.0 Å². The molecule has 0 atom stereocenters. The molecule has 1 N–H and O–H groups in total. The third-order valence-electron chi connectivity index (χ3n) is 3.13. The molecule has 0 spiro atoms. The zero-order valence-corrected chi connectivity index (χ0v) is 12.0. The fourth-order valence-electron chi connectivity index (χ4n) is 2.05. The molecule has 0 aliphatic heterocycles. The number of aryl methyl sites for hydroxylation is 2. The Morgan fingerprint density at radius 3 is 2.62 bits per heavy atom. The van der Waals surface area contributed by atoms with Crippen LogP contribution in [0.5, 0.6) is 0 Å². The molecule has 106 valence electrons. The second kappa shape index (κ2) is 5.70. The third kappa shape index (κ3) is 3.05. The number of rotatable bonds is 4. The Hall–Kier alpha value is -2.76. The van der Waals surface area contributed by atoms with Gasteiger partial charge in [0, 0.05) is 18.6 Å². The van der Waals surface area contributed by atoms with Crippen LogP contribution < -0.4 is 5.32 Å². The van der Waals surface area contributed by atoms with Gasteiger partial charge >= 0.3 is 0 Å². The second-order valence-electron chi connectivity index (χ2n) is 4.70. The van der Waals surface area contributed by atoms with Crippen molar-refractivity contribution in [1.29, 1.82) is 0 Å². The van der Waals surface area contributed by atoms with Crippen molar-refractivity contribution in [2.75, 3.05) is 5.32 Å². The molecule has 3 rings (SSSR count). The Balaban J connectivity index is 1.69. The lowest BCUT2D eigenvalue weighted by Gasteiger charge is -2.08. The molecule has 3 heterocycles. The normalized spacial score (nSPS) is 10.6. The van der Waals surface area contributed by atoms with E-state index in [1.54, 1.807) is 12.4 Å². The standard InChI is InChI=1S/C15H16N6/c1-11-16-6-5-14(20-11)10-18-13-3-4-15(19-9-13)21-8-7-17-12(21)2/h3-9,18H,10H2,1-2H3. The van der Waals surface area contributed by atoms with Gasteiger partial charge in [-0.2, -0.15) is 0 Å². The number of nitrogens with zero attached hydrogens (tertiary/aromatic N) is 5. The van der Waals surface area contributed by atoms with Crippen molar-refractivity contribution < 1.29 is 0 Å². The van der Waals surface area contributed by atoms with E-state index in [4.69, 9.17) is 0 Å². The van der Waals surface area contributed by atoms with Gasteiger partial charge in [0.05, 0.1) is 24.1 Å². The van der Waals surface area contributed by atoms with Crippen LogP contribution in [0.25, 0.3) is 5.82 Å². The molecule has 0 saturated carbocycles. The molecule has 3 aromatic rings. The predicted molar refractivity (Wildman–Crippen MR) is 80.2 cm³/mol. The summed E-state index contributed by atoms with van der Waals surface area (Å²) in [6.07, 6.45) is 7.24. The van der Waals surface area contributed by atoms with Gasteiger partial charge in [0.25, 0.3) is 0 Å². The fourth-order valence-corrected chi connectivity index (χ4v) is 2.05. The van der Waals surface area contributed by atoms with E-state index in [2.05, 4.69) is 25.3 Å². The first-order valence-electron chi connectivity index (χ1n) is 6.71. The van der Waals surface area contributed by atoms with Crippen LogP contribution in [-0.2, 0) is 6.54 Å². The lowest BCUT2D eigenvalue weighted by Crippen LogP contribution is -2.04. The number of hydrogen-bond acceptors (Lipinski definition) is 5. The van der Waals surface area contributed by atoms with E-state index in [1.807, 2.05) is 49.0 Å². The van der Waals surface area contributed by atoms with E-state index < -0.39 is 0 Å². The number of anilines is 1. The number of imidazole rings is 1. The van der Waals surface area contributed by atoms with Crippen LogP contribution in [0, 0.1) is 13.8 Å². The van der Waals surface area contributed by atoms with E-state index in [-0.39, 0.29) is 0 Å². The van der Waals surface area contributed by atoms with Crippen LogP contribution in [-0.4, -0.2) is 24.5 Å². The monoisotopic (exact) mass is 280 g/mol. The Morgan fingerprint density at radius 2 is 1.95 bits per heavy atom. The smallest absolute Gasteiger partial charge is 0.138 e. The molecule has 0 saturated heterocycles. The van der Waals surface area contributed by atoms with E-state index in [1.165, 1.54) is 0 Å². The summed E-state index contributed by atoms with van der Waals surface area (Å²) < 4.78 is 1.94. The molecule has 0 fully saturated rings. The molecule has 0 amide bonds. The molecule has 3 aromatic heterocycles. The maximum absolute atomic E-state index is 4.44. The number of aromatic nitrogens is 5. The molecule has 0 aromatic carbocycles. The average Bonchev–Trinajstić information content (AvgIpc) is 2.92. The summed E-state index contributed by atoms with van der Waals surface area (Å²) in [6.45, 7) is 4.48. The largest absolute Gasteiger partial charge is 0.378 e. The maximum atomic E-state index is 4.44. The van der Waals surface area contributed by atoms with E-state index in [0.717, 1.165) is 28.8 Å². The number of nitrogens with one attached hydrogen (secondary N) is 1. The van der Waals surface area contributed by atoms with Gasteiger partial charge in [-0.1, -0.05) is 0 Å². The highest BCUT2D eigenvalue weighted by Gasteiger charge is 2.02. The molecule has 0 aliphatic carbocycles. The van der Waals surface area contributed by atoms with Crippen LogP contribution in [0.3, 0.4) is 0 Å². The van der Waals surface area contributed by atoms with Gasteiger partial charge in [-0.05, 0) is 32.0 Å². The minimum atomic E-state index is 0.647. The molecular formula is C15H16N6. The van der Waals surface area contributed by atoms with Gasteiger partial charge in [-0.15, -0.1) is 0 Å². The minimum absolute atomic E-state index is 0.647. The first-order chi connectivity index (χ1) is 10.2. The average molecular weight is 280 g/mol. The molecule has 0 aliphatic rings. The Morgan fingerprint density at radius 1 is 1.05 bits per heavy atom.